The van der Waals surface area contributed by atoms with Crippen LogP contribution in [0.4, 0.5) is 18.9 Å². The van der Waals surface area contributed by atoms with Crippen molar-refractivity contribution in [2.45, 2.75) is 44.9 Å². The minimum Gasteiger partial charge on any atom is -0.382 e. The van der Waals surface area contributed by atoms with E-state index in [0.29, 0.717) is 12.6 Å². The topological polar surface area (TPSA) is 44.4 Å². The van der Waals surface area contributed by atoms with Gasteiger partial charge in [0.05, 0.1) is 0 Å². The number of rotatable bonds is 5. The number of halogens is 3. The van der Waals surface area contributed by atoms with E-state index in [1.165, 1.54) is 16.7 Å². The molecule has 0 bridgehead atoms. The summed E-state index contributed by atoms with van der Waals surface area (Å²) in [5, 5.41) is 6.98. The SMILES string of the molecule is CN(Cc1ccc(NC2Cc3ccccc3C2)cc1)C(=O)C1CCNCC1.FC(F)F. The summed E-state index contributed by atoms with van der Waals surface area (Å²) in [7, 11) is 1.92. The third-order valence-electron chi connectivity index (χ3n) is 5.86. The molecule has 1 heterocycles. The summed E-state index contributed by atoms with van der Waals surface area (Å²) in [5.74, 6) is 0.462. The molecule has 0 radical (unpaired) electrons. The lowest BCUT2D eigenvalue weighted by Crippen LogP contribution is -2.38. The first kappa shape index (κ1) is 23.1. The Morgan fingerprint density at radius 1 is 1.03 bits per heavy atom. The van der Waals surface area contributed by atoms with E-state index in [4.69, 9.17) is 0 Å². The Labute approximate surface area is 181 Å². The molecule has 1 fully saturated rings. The summed E-state index contributed by atoms with van der Waals surface area (Å²) in [5.41, 5.74) is 5.26. The second kappa shape index (κ2) is 11.2. The molecule has 4 nitrogen and oxygen atoms in total. The Bertz CT molecular complexity index is 810. The first-order valence-electron chi connectivity index (χ1n) is 10.7. The molecule has 4 rings (SSSR count). The summed E-state index contributed by atoms with van der Waals surface area (Å²) in [4.78, 5) is 14.5. The predicted molar refractivity (Wildman–Crippen MR) is 117 cm³/mol. The van der Waals surface area contributed by atoms with Crippen molar-refractivity contribution in [2.24, 2.45) is 5.92 Å². The molecule has 1 amide bonds. The maximum atomic E-state index is 12.6. The lowest BCUT2D eigenvalue weighted by Gasteiger charge is -2.27. The van der Waals surface area contributed by atoms with Crippen molar-refractivity contribution in [3.63, 3.8) is 0 Å². The highest BCUT2D eigenvalue weighted by Crippen LogP contribution is 2.25. The van der Waals surface area contributed by atoms with Crippen LogP contribution in [0.15, 0.2) is 48.5 Å². The monoisotopic (exact) mass is 433 g/mol. The van der Waals surface area contributed by atoms with Crippen LogP contribution < -0.4 is 10.6 Å². The summed E-state index contributed by atoms with van der Waals surface area (Å²) < 4.78 is 29.0. The molecule has 2 aromatic carbocycles. The minimum atomic E-state index is -3.67. The van der Waals surface area contributed by atoms with Gasteiger partial charge in [-0.05, 0) is 67.6 Å². The molecule has 0 unspecified atom stereocenters. The predicted octanol–water partition coefficient (Wildman–Crippen LogP) is 4.40. The van der Waals surface area contributed by atoms with Crippen LogP contribution in [-0.2, 0) is 24.2 Å². The van der Waals surface area contributed by atoms with Crippen LogP contribution in [0.3, 0.4) is 0 Å². The molecule has 7 heteroatoms. The second-order valence-corrected chi connectivity index (χ2v) is 8.18. The highest BCUT2D eigenvalue weighted by molar-refractivity contribution is 5.78. The van der Waals surface area contributed by atoms with Gasteiger partial charge in [0.1, 0.15) is 0 Å². The van der Waals surface area contributed by atoms with Crippen LogP contribution in [0.25, 0.3) is 0 Å². The van der Waals surface area contributed by atoms with E-state index in [9.17, 15) is 18.0 Å². The van der Waals surface area contributed by atoms with E-state index in [1.807, 2.05) is 11.9 Å². The molecule has 1 aliphatic carbocycles. The molecule has 168 valence electrons. The quantitative estimate of drug-likeness (QED) is 0.735. The number of amides is 1. The number of carbonyl (C=O) groups excluding carboxylic acids is 1. The third kappa shape index (κ3) is 6.99. The van der Waals surface area contributed by atoms with Gasteiger partial charge in [0, 0.05) is 31.2 Å². The first-order valence-corrected chi connectivity index (χ1v) is 10.7. The van der Waals surface area contributed by atoms with Gasteiger partial charge in [-0.15, -0.1) is 0 Å². The van der Waals surface area contributed by atoms with Crippen LogP contribution >= 0.6 is 0 Å². The maximum absolute atomic E-state index is 12.6. The first-order chi connectivity index (χ1) is 14.9. The van der Waals surface area contributed by atoms with Crippen molar-refractivity contribution in [1.82, 2.24) is 10.2 Å². The molecule has 2 aliphatic rings. The van der Waals surface area contributed by atoms with Crippen molar-refractivity contribution < 1.29 is 18.0 Å². The molecule has 0 saturated carbocycles. The fraction of sp³-hybridized carbons (Fsp3) is 0.458. The Morgan fingerprint density at radius 2 is 1.58 bits per heavy atom. The Kier molecular flexibility index (Phi) is 8.35. The fourth-order valence-corrected chi connectivity index (χ4v) is 4.34. The van der Waals surface area contributed by atoms with E-state index in [1.54, 1.807) is 0 Å². The van der Waals surface area contributed by atoms with Gasteiger partial charge < -0.3 is 15.5 Å². The number of hydrogen-bond donors (Lipinski definition) is 2. The van der Waals surface area contributed by atoms with Gasteiger partial charge in [-0.25, -0.2) is 0 Å². The molecule has 2 aromatic rings. The summed E-state index contributed by atoms with van der Waals surface area (Å²) in [6, 6.07) is 17.7. The molecule has 31 heavy (non-hydrogen) atoms. The number of alkyl halides is 3. The number of nitrogens with one attached hydrogen (secondary N) is 2. The Morgan fingerprint density at radius 3 is 2.13 bits per heavy atom. The molecule has 1 saturated heterocycles. The third-order valence-corrected chi connectivity index (χ3v) is 5.86. The van der Waals surface area contributed by atoms with Gasteiger partial charge in [0.15, 0.2) is 0 Å². The molecule has 2 N–H and O–H groups in total. The standard InChI is InChI=1S/C23H29N3O.CHF3/c1-26(23(27)18-10-12-24-13-11-18)16-17-6-8-21(9-7-17)25-22-14-19-4-2-3-5-20(19)15-22;2-1(3)4/h2-9,18,22,24-25H,10-16H2,1H3;1H. The lowest BCUT2D eigenvalue weighted by molar-refractivity contribution is -0.135. The smallest absolute Gasteiger partial charge is 0.379 e. The number of benzene rings is 2. The number of nitrogens with zero attached hydrogens (tertiary/aromatic N) is 1. The summed E-state index contributed by atoms with van der Waals surface area (Å²) in [6.45, 7) is -1.08. The van der Waals surface area contributed by atoms with Gasteiger partial charge in [0.25, 0.3) is 0 Å². The van der Waals surface area contributed by atoms with E-state index in [-0.39, 0.29) is 11.8 Å². The average Bonchev–Trinajstić information content (AvgIpc) is 3.17. The van der Waals surface area contributed by atoms with Crippen molar-refractivity contribution in [3.8, 4) is 0 Å². The van der Waals surface area contributed by atoms with Crippen LogP contribution in [0.5, 0.6) is 0 Å². The fourth-order valence-electron chi connectivity index (χ4n) is 4.34. The number of piperidine rings is 1. The Balaban J connectivity index is 0.000000628. The molecule has 1 aliphatic heterocycles. The normalized spacial score (nSPS) is 16.4. The summed E-state index contributed by atoms with van der Waals surface area (Å²) >= 11 is 0. The van der Waals surface area contributed by atoms with Gasteiger partial charge in [-0.3, -0.25) is 4.79 Å². The van der Waals surface area contributed by atoms with E-state index >= 15 is 0 Å². The van der Waals surface area contributed by atoms with Crippen molar-refractivity contribution in [1.29, 1.82) is 0 Å². The van der Waals surface area contributed by atoms with E-state index in [0.717, 1.165) is 44.5 Å². The van der Waals surface area contributed by atoms with E-state index < -0.39 is 6.68 Å². The van der Waals surface area contributed by atoms with Crippen LogP contribution in [-0.4, -0.2) is 43.7 Å². The second-order valence-electron chi connectivity index (χ2n) is 8.18. The zero-order valence-electron chi connectivity index (χ0n) is 17.8. The van der Waals surface area contributed by atoms with Crippen LogP contribution in [0, 0.1) is 5.92 Å². The van der Waals surface area contributed by atoms with Crippen molar-refractivity contribution in [2.75, 3.05) is 25.5 Å². The molecule has 0 spiro atoms. The largest absolute Gasteiger partial charge is 0.382 e. The van der Waals surface area contributed by atoms with Crippen LogP contribution in [0.1, 0.15) is 29.5 Å². The number of anilines is 1. The number of carbonyl (C=O) groups is 1. The Hall–Kier alpha value is -2.54. The minimum absolute atomic E-state index is 0.182. The lowest BCUT2D eigenvalue weighted by atomic mass is 9.96. The number of hydrogen-bond acceptors (Lipinski definition) is 3. The van der Waals surface area contributed by atoms with Gasteiger partial charge in [0.2, 0.25) is 5.91 Å². The molecular weight excluding hydrogens is 403 g/mol. The van der Waals surface area contributed by atoms with Crippen LogP contribution in [0.2, 0.25) is 0 Å². The van der Waals surface area contributed by atoms with Crippen molar-refractivity contribution in [3.05, 3.63) is 65.2 Å². The van der Waals surface area contributed by atoms with Gasteiger partial charge in [-0.2, -0.15) is 13.2 Å². The average molecular weight is 434 g/mol. The maximum Gasteiger partial charge on any atom is 0.379 e. The molecule has 0 atom stereocenters. The van der Waals surface area contributed by atoms with Crippen molar-refractivity contribution >= 4 is 11.6 Å². The molecule has 0 aromatic heterocycles. The highest BCUT2D eigenvalue weighted by Gasteiger charge is 2.24. The zero-order chi connectivity index (χ0) is 22.2. The molecular formula is C24H30F3N3O. The summed E-state index contributed by atoms with van der Waals surface area (Å²) in [6.07, 6.45) is 4.09. The highest BCUT2D eigenvalue weighted by atomic mass is 19.4. The zero-order valence-corrected chi connectivity index (χ0v) is 17.8. The van der Waals surface area contributed by atoms with Gasteiger partial charge >= 0.3 is 6.68 Å². The number of fused-ring (bicyclic) bond motifs is 1. The van der Waals surface area contributed by atoms with Gasteiger partial charge in [-0.1, -0.05) is 36.4 Å². The van der Waals surface area contributed by atoms with E-state index in [2.05, 4.69) is 59.2 Å².